The normalized spacial score (nSPS) is 11.0. The summed E-state index contributed by atoms with van der Waals surface area (Å²) >= 11 is 0.566. The molecule has 2 aromatic carbocycles. The van der Waals surface area contributed by atoms with Crippen LogP contribution in [0.3, 0.4) is 0 Å². The minimum absolute atomic E-state index is 0.0135. The minimum atomic E-state index is -4.53. The fraction of sp³-hybridized carbons (Fsp3) is 0.222. The van der Waals surface area contributed by atoms with E-state index < -0.39 is 27.0 Å². The third-order valence-corrected chi connectivity index (χ3v) is 5.03. The van der Waals surface area contributed by atoms with E-state index in [1.165, 1.54) is 30.3 Å². The first kappa shape index (κ1) is 22.4. The molecule has 0 bridgehead atoms. The van der Waals surface area contributed by atoms with Crippen molar-refractivity contribution in [1.29, 1.82) is 0 Å². The molecular weight excluding hydrogens is 399 g/mol. The van der Waals surface area contributed by atoms with Gasteiger partial charge in [-0.1, -0.05) is 0 Å². The fourth-order valence-corrected chi connectivity index (χ4v) is 3.71. The second kappa shape index (κ2) is 9.53. The zero-order chi connectivity index (χ0) is 20.9. The topological polar surface area (TPSA) is 116 Å². The Bertz CT molecular complexity index is 964. The Morgan fingerprint density at radius 3 is 1.96 bits per heavy atom. The van der Waals surface area contributed by atoms with Crippen LogP contribution in [0.25, 0.3) is 0 Å². The van der Waals surface area contributed by atoms with Crippen LogP contribution in [-0.4, -0.2) is 66.1 Å². The van der Waals surface area contributed by atoms with E-state index in [0.717, 1.165) is 2.81 Å². The summed E-state index contributed by atoms with van der Waals surface area (Å²) in [6.45, 7) is 3.54. The van der Waals surface area contributed by atoms with Crippen LogP contribution in [0.2, 0.25) is 0 Å². The van der Waals surface area contributed by atoms with Crippen LogP contribution < -0.4 is 7.55 Å². The standard InChI is InChI=1S/C18H17O8S.Na/c1-3-24-17(19)12-9-13(18(20)25-4-2)11-14(10-12)26-15-7-5-6-8-16(15)27(21,22)23;/h5,7-11H,3-4H2,1-2H3,(H,21,22,23);. The molecule has 0 saturated carbocycles. The number of esters is 2. The van der Waals surface area contributed by atoms with E-state index in [9.17, 15) is 22.6 Å². The van der Waals surface area contributed by atoms with Gasteiger partial charge in [-0.3, -0.25) is 0 Å². The van der Waals surface area contributed by atoms with Crippen molar-refractivity contribution in [2.75, 3.05) is 13.2 Å². The number of benzene rings is 2. The molecule has 144 valence electrons. The molecule has 2 rings (SSSR count). The molecule has 0 aliphatic heterocycles. The van der Waals surface area contributed by atoms with Crippen molar-refractivity contribution in [2.45, 2.75) is 18.7 Å². The van der Waals surface area contributed by atoms with E-state index in [0.29, 0.717) is 27.9 Å². The fourth-order valence-electron chi connectivity index (χ4n) is 2.35. The van der Waals surface area contributed by atoms with Gasteiger partial charge in [-0.25, -0.2) is 0 Å². The molecule has 0 aromatic heterocycles. The number of carbonyl (C=O) groups is 2. The molecule has 0 heterocycles. The van der Waals surface area contributed by atoms with Crippen LogP contribution in [0.1, 0.15) is 34.6 Å². The first-order valence-corrected chi connectivity index (χ1v) is 10.8. The summed E-state index contributed by atoms with van der Waals surface area (Å²) < 4.78 is 49.0. The van der Waals surface area contributed by atoms with Gasteiger partial charge in [0.1, 0.15) is 0 Å². The number of hydrogen-bond donors (Lipinski definition) is 1. The van der Waals surface area contributed by atoms with Gasteiger partial charge in [0, 0.05) is 0 Å². The Morgan fingerprint density at radius 1 is 0.964 bits per heavy atom. The van der Waals surface area contributed by atoms with Crippen molar-refractivity contribution in [2.24, 2.45) is 0 Å². The molecule has 28 heavy (non-hydrogen) atoms. The van der Waals surface area contributed by atoms with Gasteiger partial charge in [-0.2, -0.15) is 0 Å². The van der Waals surface area contributed by atoms with Crippen LogP contribution in [0.4, 0.5) is 0 Å². The molecule has 0 atom stereocenters. The quantitative estimate of drug-likeness (QED) is 0.413. The van der Waals surface area contributed by atoms with E-state index in [1.807, 2.05) is 0 Å². The van der Waals surface area contributed by atoms with Crippen molar-refractivity contribution in [1.82, 2.24) is 0 Å². The Morgan fingerprint density at radius 2 is 1.50 bits per heavy atom. The number of ether oxygens (including phenoxy) is 3. The summed E-state index contributed by atoms with van der Waals surface area (Å²) in [5, 5.41) is 0. The zero-order valence-corrected chi connectivity index (χ0v) is 18.4. The van der Waals surface area contributed by atoms with Gasteiger partial charge in [-0.05, 0) is 0 Å². The molecule has 0 aliphatic rings. The third-order valence-electron chi connectivity index (χ3n) is 3.53. The first-order chi connectivity index (χ1) is 13.2. The Kier molecular flexibility index (Phi) is 7.62. The monoisotopic (exact) mass is 416 g/mol. The van der Waals surface area contributed by atoms with E-state index in [-0.39, 0.29) is 35.8 Å². The molecule has 0 fully saturated rings. The Balaban J connectivity index is 2.53. The Hall–Kier alpha value is -1.91. The molecule has 0 amide bonds. The van der Waals surface area contributed by atoms with Crippen molar-refractivity contribution < 1.29 is 36.8 Å². The van der Waals surface area contributed by atoms with Gasteiger partial charge < -0.3 is 0 Å². The number of carbonyl (C=O) groups excluding carboxylic acids is 2. The van der Waals surface area contributed by atoms with Crippen LogP contribution in [-0.2, 0) is 19.6 Å². The number of rotatable bonds is 7. The molecule has 1 N–H and O–H groups in total. The van der Waals surface area contributed by atoms with E-state index in [4.69, 9.17) is 14.2 Å². The molecule has 10 heteroatoms. The van der Waals surface area contributed by atoms with E-state index in [2.05, 4.69) is 0 Å². The molecule has 0 saturated heterocycles. The van der Waals surface area contributed by atoms with Crippen LogP contribution in [0, 0.1) is 0 Å². The van der Waals surface area contributed by atoms with Crippen molar-refractivity contribution in [3.05, 3.63) is 47.5 Å². The summed E-state index contributed by atoms with van der Waals surface area (Å²) in [5.41, 5.74) is 0.0747. The predicted octanol–water partition coefficient (Wildman–Crippen LogP) is 1.87. The molecular formula is C18H17NaO8S. The van der Waals surface area contributed by atoms with Gasteiger partial charge >= 0.3 is 181 Å². The summed E-state index contributed by atoms with van der Waals surface area (Å²) in [4.78, 5) is 23.8. The van der Waals surface area contributed by atoms with Gasteiger partial charge in [0.25, 0.3) is 0 Å². The van der Waals surface area contributed by atoms with E-state index in [1.54, 1.807) is 19.9 Å². The average Bonchev–Trinajstić information content (AvgIpc) is 2.62. The molecule has 2 aromatic rings. The van der Waals surface area contributed by atoms with Gasteiger partial charge in [0.2, 0.25) is 0 Å². The average molecular weight is 416 g/mol. The van der Waals surface area contributed by atoms with Crippen LogP contribution in [0.5, 0.6) is 11.5 Å². The zero-order valence-electron chi connectivity index (χ0n) is 15.6. The maximum absolute atomic E-state index is 12.1. The molecule has 0 unspecified atom stereocenters. The maximum atomic E-state index is 12.1. The van der Waals surface area contributed by atoms with Gasteiger partial charge in [-0.15, -0.1) is 0 Å². The van der Waals surface area contributed by atoms with Crippen LogP contribution in [0.15, 0.2) is 41.3 Å². The number of hydrogen-bond acceptors (Lipinski definition) is 7. The van der Waals surface area contributed by atoms with E-state index >= 15 is 0 Å². The Labute approximate surface area is 180 Å². The van der Waals surface area contributed by atoms with Gasteiger partial charge in [0.15, 0.2) is 0 Å². The molecule has 0 spiro atoms. The second-order valence-electron chi connectivity index (χ2n) is 5.71. The molecule has 8 nitrogen and oxygen atoms in total. The van der Waals surface area contributed by atoms with Crippen molar-refractivity contribution in [3.63, 3.8) is 0 Å². The molecule has 0 radical (unpaired) electrons. The first-order valence-electron chi connectivity index (χ1n) is 8.41. The summed E-state index contributed by atoms with van der Waals surface area (Å²) in [5.74, 6) is -1.48. The van der Waals surface area contributed by atoms with Crippen LogP contribution >= 0.6 is 0 Å². The summed E-state index contributed by atoms with van der Waals surface area (Å²) in [7, 11) is -4.53. The van der Waals surface area contributed by atoms with Crippen molar-refractivity contribution >= 4 is 52.8 Å². The van der Waals surface area contributed by atoms with Gasteiger partial charge in [0.05, 0.1) is 0 Å². The predicted molar refractivity (Wildman–Crippen MR) is 100 cm³/mol. The summed E-state index contributed by atoms with van der Waals surface area (Å²) in [6, 6.07) is 8.27. The summed E-state index contributed by atoms with van der Waals surface area (Å²) in [6.07, 6.45) is 0. The second-order valence-corrected chi connectivity index (χ2v) is 8.26. The molecule has 0 aliphatic carbocycles. The third kappa shape index (κ3) is 5.79. The SMILES string of the molecule is CCOC(=O)c1cc(Oc2cc[c]([Na])cc2S(=O)(=O)O)cc(C(=O)OCC)c1. The van der Waals surface area contributed by atoms with Crippen molar-refractivity contribution in [3.8, 4) is 11.5 Å².